The zero-order chi connectivity index (χ0) is 18.3. The van der Waals surface area contributed by atoms with E-state index in [1.807, 2.05) is 0 Å². The molecule has 0 radical (unpaired) electrons. The molecule has 1 saturated heterocycles. The first-order chi connectivity index (χ1) is 12.0. The van der Waals surface area contributed by atoms with E-state index in [4.69, 9.17) is 14.2 Å². The minimum Gasteiger partial charge on any atom is -0.497 e. The van der Waals surface area contributed by atoms with Crippen LogP contribution >= 0.6 is 0 Å². The fourth-order valence-corrected chi connectivity index (χ4v) is 4.23. The number of sulfonamides is 1. The van der Waals surface area contributed by atoms with Gasteiger partial charge in [0.05, 0.1) is 20.8 Å². The van der Waals surface area contributed by atoms with Gasteiger partial charge in [0.25, 0.3) is 0 Å². The second-order valence-corrected chi connectivity index (χ2v) is 7.88. The molecule has 1 aromatic rings. The third kappa shape index (κ3) is 5.57. The maximum Gasteiger partial charge on any atom is 0.244 e. The van der Waals surface area contributed by atoms with Gasteiger partial charge >= 0.3 is 0 Å². The van der Waals surface area contributed by atoms with E-state index in [1.165, 1.54) is 20.3 Å². The number of likely N-dealkylation sites (tertiary alicyclic amines) is 1. The molecular weight excluding hydrogens is 344 g/mol. The number of piperidine rings is 1. The monoisotopic (exact) mass is 372 g/mol. The number of rotatable bonds is 9. The summed E-state index contributed by atoms with van der Waals surface area (Å²) in [5.41, 5.74) is 0. The number of methoxy groups -OCH3 is 3. The van der Waals surface area contributed by atoms with Crippen LogP contribution in [0.3, 0.4) is 0 Å². The Morgan fingerprint density at radius 2 is 1.88 bits per heavy atom. The number of benzene rings is 1. The molecule has 0 bridgehead atoms. The average molecular weight is 372 g/mol. The predicted octanol–water partition coefficient (Wildman–Crippen LogP) is 1.34. The molecule has 0 spiro atoms. The number of hydrogen-bond acceptors (Lipinski definition) is 6. The van der Waals surface area contributed by atoms with Gasteiger partial charge in [-0.3, -0.25) is 0 Å². The highest BCUT2D eigenvalue weighted by molar-refractivity contribution is 7.89. The summed E-state index contributed by atoms with van der Waals surface area (Å²) < 4.78 is 43.4. The van der Waals surface area contributed by atoms with Crippen molar-refractivity contribution in [3.8, 4) is 11.5 Å². The number of ether oxygens (including phenoxy) is 3. The van der Waals surface area contributed by atoms with Gasteiger partial charge in [-0.1, -0.05) is 0 Å². The van der Waals surface area contributed by atoms with Crippen molar-refractivity contribution in [2.45, 2.75) is 17.7 Å². The normalized spacial score (nSPS) is 16.8. The number of hydrogen-bond donors (Lipinski definition) is 1. The minimum absolute atomic E-state index is 0.104. The van der Waals surface area contributed by atoms with Gasteiger partial charge in [-0.15, -0.1) is 0 Å². The first-order valence-corrected chi connectivity index (χ1v) is 9.91. The van der Waals surface area contributed by atoms with Crippen LogP contribution in [-0.2, 0) is 14.8 Å². The molecule has 0 saturated carbocycles. The number of nitrogens with zero attached hydrogens (tertiary/aromatic N) is 1. The minimum atomic E-state index is -3.65. The van der Waals surface area contributed by atoms with E-state index < -0.39 is 10.0 Å². The molecule has 0 atom stereocenters. The van der Waals surface area contributed by atoms with Crippen LogP contribution in [-0.4, -0.2) is 67.4 Å². The average Bonchev–Trinajstić information content (AvgIpc) is 2.65. The Morgan fingerprint density at radius 1 is 1.16 bits per heavy atom. The summed E-state index contributed by atoms with van der Waals surface area (Å²) in [6, 6.07) is 4.75. The third-order valence-electron chi connectivity index (χ3n) is 4.54. The van der Waals surface area contributed by atoms with Crippen molar-refractivity contribution in [1.82, 2.24) is 9.62 Å². The Bertz CT molecular complexity index is 642. The van der Waals surface area contributed by atoms with Crippen LogP contribution in [0.2, 0.25) is 0 Å². The molecule has 1 N–H and O–H groups in total. The van der Waals surface area contributed by atoms with Crippen LogP contribution in [0, 0.1) is 5.92 Å². The molecule has 0 unspecified atom stereocenters. The topological polar surface area (TPSA) is 77.1 Å². The maximum absolute atomic E-state index is 12.7. The molecule has 8 heteroatoms. The highest BCUT2D eigenvalue weighted by Gasteiger charge is 2.24. The second-order valence-electron chi connectivity index (χ2n) is 6.15. The van der Waals surface area contributed by atoms with Crippen LogP contribution < -0.4 is 14.2 Å². The van der Waals surface area contributed by atoms with Gasteiger partial charge in [-0.2, -0.15) is 0 Å². The summed E-state index contributed by atoms with van der Waals surface area (Å²) in [5, 5.41) is 0. The van der Waals surface area contributed by atoms with Crippen LogP contribution in [0.1, 0.15) is 12.8 Å². The first-order valence-electron chi connectivity index (χ1n) is 8.43. The lowest BCUT2D eigenvalue weighted by Crippen LogP contribution is -2.39. The summed E-state index contributed by atoms with van der Waals surface area (Å²) >= 11 is 0. The molecule has 1 aliphatic rings. The largest absolute Gasteiger partial charge is 0.497 e. The van der Waals surface area contributed by atoms with E-state index in [-0.39, 0.29) is 4.90 Å². The second kappa shape index (κ2) is 9.38. The molecule has 2 rings (SSSR count). The smallest absolute Gasteiger partial charge is 0.244 e. The Balaban J connectivity index is 1.94. The summed E-state index contributed by atoms with van der Waals surface area (Å²) in [5.74, 6) is 1.13. The zero-order valence-electron chi connectivity index (χ0n) is 15.2. The molecule has 0 amide bonds. The molecule has 7 nitrogen and oxygen atoms in total. The first kappa shape index (κ1) is 20.0. The molecule has 0 aliphatic carbocycles. The Hall–Kier alpha value is -1.35. The fraction of sp³-hybridized carbons (Fsp3) is 0.647. The van der Waals surface area contributed by atoms with Crippen LogP contribution in [0.4, 0.5) is 0 Å². The van der Waals surface area contributed by atoms with E-state index in [0.29, 0.717) is 24.0 Å². The van der Waals surface area contributed by atoms with E-state index in [0.717, 1.165) is 39.1 Å². The zero-order valence-corrected chi connectivity index (χ0v) is 16.0. The number of nitrogens with one attached hydrogen (secondary N) is 1. The quantitative estimate of drug-likeness (QED) is 0.705. The molecule has 1 heterocycles. The molecule has 142 valence electrons. The Labute approximate surface area is 150 Å². The van der Waals surface area contributed by atoms with E-state index in [9.17, 15) is 8.42 Å². The van der Waals surface area contributed by atoms with Crippen LogP contribution in [0.5, 0.6) is 11.5 Å². The summed E-state index contributed by atoms with van der Waals surface area (Å²) in [4.78, 5) is 2.45. The van der Waals surface area contributed by atoms with Gasteiger partial charge in [0.1, 0.15) is 16.4 Å². The van der Waals surface area contributed by atoms with Crippen molar-refractivity contribution in [2.24, 2.45) is 5.92 Å². The van der Waals surface area contributed by atoms with Gasteiger partial charge in [0, 0.05) is 26.3 Å². The van der Waals surface area contributed by atoms with Gasteiger partial charge in [-0.25, -0.2) is 13.1 Å². The van der Waals surface area contributed by atoms with Gasteiger partial charge in [-0.05, 0) is 44.0 Å². The Kier molecular flexibility index (Phi) is 7.49. The third-order valence-corrected chi connectivity index (χ3v) is 5.99. The van der Waals surface area contributed by atoms with Crippen molar-refractivity contribution in [1.29, 1.82) is 0 Å². The molecule has 1 fully saturated rings. The van der Waals surface area contributed by atoms with Gasteiger partial charge in [0.2, 0.25) is 10.0 Å². The highest BCUT2D eigenvalue weighted by atomic mass is 32.2. The van der Waals surface area contributed by atoms with Crippen molar-refractivity contribution < 1.29 is 22.6 Å². The summed E-state index contributed by atoms with van der Waals surface area (Å²) in [7, 11) is 1.01. The van der Waals surface area contributed by atoms with Crippen molar-refractivity contribution in [2.75, 3.05) is 54.1 Å². The van der Waals surface area contributed by atoms with E-state index >= 15 is 0 Å². The fourth-order valence-electron chi connectivity index (χ4n) is 2.93. The summed E-state index contributed by atoms with van der Waals surface area (Å²) in [6.45, 7) is 4.03. The van der Waals surface area contributed by atoms with E-state index in [1.54, 1.807) is 19.2 Å². The molecule has 1 aromatic carbocycles. The molecule has 25 heavy (non-hydrogen) atoms. The summed E-state index contributed by atoms with van der Waals surface area (Å²) in [6.07, 6.45) is 1.95. The van der Waals surface area contributed by atoms with Crippen molar-refractivity contribution >= 4 is 10.0 Å². The van der Waals surface area contributed by atoms with Crippen LogP contribution in [0.15, 0.2) is 23.1 Å². The SMILES string of the molecule is COCCN1CCC(CNS(=O)(=O)c2cc(OC)ccc2OC)CC1. The highest BCUT2D eigenvalue weighted by Crippen LogP contribution is 2.28. The van der Waals surface area contributed by atoms with Crippen molar-refractivity contribution in [3.05, 3.63) is 18.2 Å². The maximum atomic E-state index is 12.7. The standard InChI is InChI=1S/C17H28N2O5S/c1-22-11-10-19-8-6-14(7-9-19)13-18-25(20,21)17-12-15(23-2)4-5-16(17)24-3/h4-5,12,14,18H,6-11,13H2,1-3H3. The van der Waals surface area contributed by atoms with E-state index in [2.05, 4.69) is 9.62 Å². The molecular formula is C17H28N2O5S. The lowest BCUT2D eigenvalue weighted by Gasteiger charge is -2.31. The molecule has 1 aliphatic heterocycles. The van der Waals surface area contributed by atoms with Gasteiger partial charge < -0.3 is 19.1 Å². The van der Waals surface area contributed by atoms with Crippen molar-refractivity contribution in [3.63, 3.8) is 0 Å². The lowest BCUT2D eigenvalue weighted by atomic mass is 9.97. The Morgan fingerprint density at radius 3 is 2.48 bits per heavy atom. The lowest BCUT2D eigenvalue weighted by molar-refractivity contribution is 0.121. The predicted molar refractivity (Wildman–Crippen MR) is 95.8 cm³/mol. The molecule has 0 aromatic heterocycles. The van der Waals surface area contributed by atoms with Crippen LogP contribution in [0.25, 0.3) is 0 Å². The van der Waals surface area contributed by atoms with Gasteiger partial charge in [0.15, 0.2) is 0 Å².